The molecule has 4 heteroatoms. The van der Waals surface area contributed by atoms with Gasteiger partial charge in [0.1, 0.15) is 0 Å². The molecule has 0 spiro atoms. The molecule has 15 heavy (non-hydrogen) atoms. The molecule has 84 valence electrons. The van der Waals surface area contributed by atoms with Crippen molar-refractivity contribution < 1.29 is 8.42 Å². The van der Waals surface area contributed by atoms with Gasteiger partial charge in [0.25, 0.3) is 0 Å². The fraction of sp³-hybridized carbons (Fsp3) is 0.545. The Morgan fingerprint density at radius 2 is 1.87 bits per heavy atom. The summed E-state index contributed by atoms with van der Waals surface area (Å²) in [5, 5.41) is 0.139. The van der Waals surface area contributed by atoms with Crippen molar-refractivity contribution in [3.8, 4) is 0 Å². The van der Waals surface area contributed by atoms with Gasteiger partial charge in [0.2, 0.25) is 0 Å². The summed E-state index contributed by atoms with van der Waals surface area (Å²) in [4.78, 5) is 3.95. The van der Waals surface area contributed by atoms with Gasteiger partial charge in [-0.1, -0.05) is 26.8 Å². The first-order chi connectivity index (χ1) is 6.68. The molecule has 0 bridgehead atoms. The number of nitrogens with zero attached hydrogens (tertiary/aromatic N) is 1. The van der Waals surface area contributed by atoms with E-state index in [2.05, 4.69) is 25.8 Å². The van der Waals surface area contributed by atoms with Crippen LogP contribution in [0.25, 0.3) is 0 Å². The van der Waals surface area contributed by atoms with E-state index < -0.39 is 9.84 Å². The Hall–Kier alpha value is -0.900. The number of hydrogen-bond donors (Lipinski definition) is 0. The van der Waals surface area contributed by atoms with Crippen LogP contribution in [-0.2, 0) is 16.3 Å². The van der Waals surface area contributed by atoms with Crippen LogP contribution in [0.2, 0.25) is 0 Å². The summed E-state index contributed by atoms with van der Waals surface area (Å²) in [5.41, 5.74) is 1.25. The summed E-state index contributed by atoms with van der Waals surface area (Å²) in [6.45, 7) is 6.41. The highest BCUT2D eigenvalue weighted by molar-refractivity contribution is 7.90. The fourth-order valence-electron chi connectivity index (χ4n) is 1.35. The Bertz CT molecular complexity index is 427. The molecular formula is C11H17NO2S. The Kier molecular flexibility index (Phi) is 3.19. The van der Waals surface area contributed by atoms with Crippen molar-refractivity contribution in [1.29, 1.82) is 0 Å². The molecule has 1 heterocycles. The topological polar surface area (TPSA) is 47.0 Å². The Balaban J connectivity index is 2.92. The number of rotatable bonds is 2. The molecular weight excluding hydrogens is 210 g/mol. The van der Waals surface area contributed by atoms with E-state index in [4.69, 9.17) is 0 Å². The van der Waals surface area contributed by atoms with Gasteiger partial charge in [-0.3, -0.25) is 0 Å². The van der Waals surface area contributed by atoms with Gasteiger partial charge < -0.3 is 0 Å². The van der Waals surface area contributed by atoms with Crippen LogP contribution in [0.15, 0.2) is 23.4 Å². The summed E-state index contributed by atoms with van der Waals surface area (Å²) in [6.07, 6.45) is 3.70. The Morgan fingerprint density at radius 1 is 1.27 bits per heavy atom. The third-order valence-electron chi connectivity index (χ3n) is 1.91. The highest BCUT2D eigenvalue weighted by Gasteiger charge is 2.13. The van der Waals surface area contributed by atoms with Gasteiger partial charge in [-0.15, -0.1) is 0 Å². The number of pyridine rings is 1. The van der Waals surface area contributed by atoms with Crippen LogP contribution in [0.5, 0.6) is 0 Å². The highest BCUT2D eigenvalue weighted by Crippen LogP contribution is 2.20. The molecule has 1 aromatic rings. The van der Waals surface area contributed by atoms with E-state index in [1.807, 2.05) is 6.07 Å². The van der Waals surface area contributed by atoms with Crippen molar-refractivity contribution >= 4 is 9.84 Å². The molecule has 1 aromatic heterocycles. The molecule has 3 nitrogen and oxygen atoms in total. The SMILES string of the molecule is CC(C)(C)Cc1ccc(S(C)(=O)=O)nc1. The molecule has 0 aliphatic carbocycles. The second-order valence-electron chi connectivity index (χ2n) is 5.01. The van der Waals surface area contributed by atoms with E-state index in [0.29, 0.717) is 0 Å². The van der Waals surface area contributed by atoms with Crippen LogP contribution in [-0.4, -0.2) is 19.7 Å². The zero-order chi connectivity index (χ0) is 11.7. The van der Waals surface area contributed by atoms with Crippen LogP contribution in [0, 0.1) is 5.41 Å². The van der Waals surface area contributed by atoms with Gasteiger partial charge in [0.15, 0.2) is 14.9 Å². The van der Waals surface area contributed by atoms with Crippen LogP contribution in [0.1, 0.15) is 26.3 Å². The Labute approximate surface area is 91.5 Å². The molecule has 0 unspecified atom stereocenters. The largest absolute Gasteiger partial charge is 0.244 e. The third-order valence-corrected chi connectivity index (χ3v) is 2.91. The van der Waals surface area contributed by atoms with E-state index >= 15 is 0 Å². The lowest BCUT2D eigenvalue weighted by Gasteiger charge is -2.17. The van der Waals surface area contributed by atoms with E-state index in [1.165, 1.54) is 6.26 Å². The predicted molar refractivity (Wildman–Crippen MR) is 60.5 cm³/mol. The highest BCUT2D eigenvalue weighted by atomic mass is 32.2. The van der Waals surface area contributed by atoms with Crippen LogP contribution in [0.4, 0.5) is 0 Å². The lowest BCUT2D eigenvalue weighted by Crippen LogP contribution is -2.10. The number of aromatic nitrogens is 1. The molecule has 0 amide bonds. The second-order valence-corrected chi connectivity index (χ2v) is 6.98. The minimum absolute atomic E-state index is 0.139. The maximum atomic E-state index is 11.2. The molecule has 0 saturated carbocycles. The summed E-state index contributed by atoms with van der Waals surface area (Å²) in [6, 6.07) is 3.39. The monoisotopic (exact) mass is 227 g/mol. The summed E-state index contributed by atoms with van der Waals surface area (Å²) >= 11 is 0. The average Bonchev–Trinajstić information content (AvgIpc) is 2.00. The zero-order valence-corrected chi connectivity index (χ0v) is 10.4. The van der Waals surface area contributed by atoms with Crippen molar-refractivity contribution in [3.63, 3.8) is 0 Å². The Morgan fingerprint density at radius 3 is 2.20 bits per heavy atom. The minimum atomic E-state index is -3.17. The molecule has 0 aliphatic rings. The fourth-order valence-corrected chi connectivity index (χ4v) is 1.91. The zero-order valence-electron chi connectivity index (χ0n) is 9.61. The van der Waals surface area contributed by atoms with Gasteiger partial charge in [-0.25, -0.2) is 13.4 Å². The van der Waals surface area contributed by atoms with Crippen molar-refractivity contribution in [2.45, 2.75) is 32.2 Å². The van der Waals surface area contributed by atoms with E-state index in [0.717, 1.165) is 12.0 Å². The van der Waals surface area contributed by atoms with Crippen LogP contribution < -0.4 is 0 Å². The smallest absolute Gasteiger partial charge is 0.192 e. The average molecular weight is 227 g/mol. The maximum Gasteiger partial charge on any atom is 0.192 e. The van der Waals surface area contributed by atoms with E-state index in [9.17, 15) is 8.42 Å². The molecule has 0 aromatic carbocycles. The van der Waals surface area contributed by atoms with Crippen molar-refractivity contribution in [3.05, 3.63) is 23.9 Å². The van der Waals surface area contributed by atoms with Crippen molar-refractivity contribution in [2.24, 2.45) is 5.41 Å². The molecule has 1 rings (SSSR count). The summed E-state index contributed by atoms with van der Waals surface area (Å²) in [5.74, 6) is 0. The first-order valence-corrected chi connectivity index (χ1v) is 6.73. The molecule has 0 fully saturated rings. The molecule has 0 saturated heterocycles. The number of sulfone groups is 1. The predicted octanol–water partition coefficient (Wildman–Crippen LogP) is 2.07. The molecule has 0 atom stereocenters. The summed E-state index contributed by atoms with van der Waals surface area (Å²) in [7, 11) is -3.17. The lowest BCUT2D eigenvalue weighted by molar-refractivity contribution is 0.410. The van der Waals surface area contributed by atoms with Crippen molar-refractivity contribution in [1.82, 2.24) is 4.98 Å². The standard InChI is InChI=1S/C11H17NO2S/c1-11(2,3)7-9-5-6-10(12-8-9)15(4,13)14/h5-6,8H,7H2,1-4H3. The van der Waals surface area contributed by atoms with Crippen LogP contribution in [0.3, 0.4) is 0 Å². The van der Waals surface area contributed by atoms with Crippen LogP contribution >= 0.6 is 0 Å². The van der Waals surface area contributed by atoms with Gasteiger partial charge in [0.05, 0.1) is 0 Å². The van der Waals surface area contributed by atoms with Gasteiger partial charge in [0, 0.05) is 12.5 Å². The summed E-state index contributed by atoms with van der Waals surface area (Å²) < 4.78 is 22.3. The molecule has 0 N–H and O–H groups in total. The van der Waals surface area contributed by atoms with Gasteiger partial charge in [-0.05, 0) is 23.5 Å². The number of hydrogen-bond acceptors (Lipinski definition) is 3. The van der Waals surface area contributed by atoms with E-state index in [-0.39, 0.29) is 10.4 Å². The minimum Gasteiger partial charge on any atom is -0.244 e. The molecule has 0 radical (unpaired) electrons. The second kappa shape index (κ2) is 3.93. The van der Waals surface area contributed by atoms with E-state index in [1.54, 1.807) is 12.3 Å². The van der Waals surface area contributed by atoms with Crippen molar-refractivity contribution in [2.75, 3.05) is 6.26 Å². The first-order valence-electron chi connectivity index (χ1n) is 4.83. The maximum absolute atomic E-state index is 11.2. The quantitative estimate of drug-likeness (QED) is 0.777. The first kappa shape index (κ1) is 12.2. The third kappa shape index (κ3) is 4.00. The van der Waals surface area contributed by atoms with Gasteiger partial charge >= 0.3 is 0 Å². The molecule has 0 aliphatic heterocycles. The van der Waals surface area contributed by atoms with Gasteiger partial charge in [-0.2, -0.15) is 0 Å². The normalized spacial score (nSPS) is 12.8. The lowest BCUT2D eigenvalue weighted by atomic mass is 9.89.